The van der Waals surface area contributed by atoms with Crippen molar-refractivity contribution in [3.8, 4) is 11.6 Å². The maximum absolute atomic E-state index is 6.24. The standard InChI is InChI=1S/C20H27N3O2/c1-13-10-14(2)19(15(3)11-13)25-20-17(5)18(12-16(4)21-20)22-23-6-8-24-9-7-23/h10-12H,6-9H2,1-5H3,(H,21,22). The summed E-state index contributed by atoms with van der Waals surface area (Å²) in [5.74, 6) is 1.55. The fourth-order valence-corrected chi connectivity index (χ4v) is 3.19. The molecule has 1 aromatic heterocycles. The molecule has 0 aliphatic carbocycles. The van der Waals surface area contributed by atoms with E-state index < -0.39 is 0 Å². The van der Waals surface area contributed by atoms with Crippen LogP contribution in [0.4, 0.5) is 5.69 Å². The first-order valence-corrected chi connectivity index (χ1v) is 8.77. The Hall–Kier alpha value is -2.11. The van der Waals surface area contributed by atoms with Crippen molar-refractivity contribution in [1.82, 2.24) is 9.99 Å². The molecule has 0 radical (unpaired) electrons. The molecule has 134 valence electrons. The third-order valence-corrected chi connectivity index (χ3v) is 4.45. The number of morpholine rings is 1. The van der Waals surface area contributed by atoms with Crippen molar-refractivity contribution in [2.75, 3.05) is 31.7 Å². The third kappa shape index (κ3) is 4.11. The van der Waals surface area contributed by atoms with Crippen molar-refractivity contribution < 1.29 is 9.47 Å². The van der Waals surface area contributed by atoms with Gasteiger partial charge >= 0.3 is 0 Å². The quantitative estimate of drug-likeness (QED) is 0.908. The zero-order valence-corrected chi connectivity index (χ0v) is 15.8. The third-order valence-electron chi connectivity index (χ3n) is 4.45. The molecular formula is C20H27N3O2. The fourth-order valence-electron chi connectivity index (χ4n) is 3.19. The van der Waals surface area contributed by atoms with Crippen molar-refractivity contribution >= 4 is 5.69 Å². The number of benzene rings is 1. The number of hydrogen-bond acceptors (Lipinski definition) is 5. The van der Waals surface area contributed by atoms with E-state index in [1.807, 2.05) is 13.8 Å². The lowest BCUT2D eigenvalue weighted by Gasteiger charge is -2.29. The zero-order chi connectivity index (χ0) is 18.0. The van der Waals surface area contributed by atoms with E-state index in [0.717, 1.165) is 60.1 Å². The van der Waals surface area contributed by atoms with Crippen molar-refractivity contribution in [1.29, 1.82) is 0 Å². The SMILES string of the molecule is Cc1cc(C)c(Oc2nc(C)cc(NN3CCOCC3)c2C)c(C)c1. The van der Waals surface area contributed by atoms with E-state index in [0.29, 0.717) is 5.88 Å². The fraction of sp³-hybridized carbons (Fsp3) is 0.450. The number of hydrazine groups is 1. The molecule has 1 aliphatic rings. The largest absolute Gasteiger partial charge is 0.438 e. The van der Waals surface area contributed by atoms with Gasteiger partial charge in [0, 0.05) is 24.3 Å². The topological polar surface area (TPSA) is 46.6 Å². The van der Waals surface area contributed by atoms with E-state index in [9.17, 15) is 0 Å². The molecule has 2 heterocycles. The minimum atomic E-state index is 0.658. The molecule has 0 atom stereocenters. The van der Waals surface area contributed by atoms with E-state index in [1.165, 1.54) is 5.56 Å². The minimum Gasteiger partial charge on any atom is -0.438 e. The number of aromatic nitrogens is 1. The van der Waals surface area contributed by atoms with Crippen LogP contribution in [0.2, 0.25) is 0 Å². The van der Waals surface area contributed by atoms with Gasteiger partial charge in [0.25, 0.3) is 0 Å². The Bertz CT molecular complexity index is 745. The van der Waals surface area contributed by atoms with Gasteiger partial charge in [-0.1, -0.05) is 17.7 Å². The average Bonchev–Trinajstić information content (AvgIpc) is 2.55. The number of aryl methyl sites for hydroxylation is 4. The van der Waals surface area contributed by atoms with Crippen LogP contribution in [0.3, 0.4) is 0 Å². The summed E-state index contributed by atoms with van der Waals surface area (Å²) in [6, 6.07) is 6.34. The highest BCUT2D eigenvalue weighted by molar-refractivity contribution is 5.56. The highest BCUT2D eigenvalue weighted by Crippen LogP contribution is 2.33. The molecule has 0 amide bonds. The molecule has 3 rings (SSSR count). The summed E-state index contributed by atoms with van der Waals surface area (Å²) in [5.41, 5.74) is 9.96. The molecule has 1 aliphatic heterocycles. The number of ether oxygens (including phenoxy) is 2. The summed E-state index contributed by atoms with van der Waals surface area (Å²) in [7, 11) is 0. The summed E-state index contributed by atoms with van der Waals surface area (Å²) >= 11 is 0. The Morgan fingerprint density at radius 3 is 2.28 bits per heavy atom. The van der Waals surface area contributed by atoms with Crippen molar-refractivity contribution in [3.63, 3.8) is 0 Å². The van der Waals surface area contributed by atoms with Crippen LogP contribution in [0, 0.1) is 34.6 Å². The molecule has 1 fully saturated rings. The van der Waals surface area contributed by atoms with Crippen LogP contribution in [0.5, 0.6) is 11.6 Å². The lowest BCUT2D eigenvalue weighted by atomic mass is 10.1. The molecule has 25 heavy (non-hydrogen) atoms. The number of pyridine rings is 1. The average molecular weight is 341 g/mol. The lowest BCUT2D eigenvalue weighted by Crippen LogP contribution is -2.40. The Balaban J connectivity index is 1.89. The molecular weight excluding hydrogens is 314 g/mol. The molecule has 0 bridgehead atoms. The van der Waals surface area contributed by atoms with Gasteiger partial charge in [-0.3, -0.25) is 0 Å². The first kappa shape index (κ1) is 17.7. The molecule has 5 heteroatoms. The second-order valence-electron chi connectivity index (χ2n) is 6.78. The van der Waals surface area contributed by atoms with Gasteiger partial charge in [0.15, 0.2) is 0 Å². The number of rotatable bonds is 4. The number of anilines is 1. The van der Waals surface area contributed by atoms with Crippen molar-refractivity contribution in [3.05, 3.63) is 46.1 Å². The Morgan fingerprint density at radius 2 is 1.64 bits per heavy atom. The maximum Gasteiger partial charge on any atom is 0.224 e. The summed E-state index contributed by atoms with van der Waals surface area (Å²) < 4.78 is 11.7. The Labute approximate surface area is 149 Å². The minimum absolute atomic E-state index is 0.658. The molecule has 0 saturated carbocycles. The lowest BCUT2D eigenvalue weighted by molar-refractivity contribution is 0.0496. The van der Waals surface area contributed by atoms with E-state index in [2.05, 4.69) is 54.4 Å². The Morgan fingerprint density at radius 1 is 1.00 bits per heavy atom. The van der Waals surface area contributed by atoms with E-state index in [1.54, 1.807) is 0 Å². The number of nitrogens with one attached hydrogen (secondary N) is 1. The van der Waals surface area contributed by atoms with E-state index in [4.69, 9.17) is 9.47 Å². The van der Waals surface area contributed by atoms with Gasteiger partial charge in [-0.05, 0) is 51.8 Å². The van der Waals surface area contributed by atoms with Gasteiger partial charge < -0.3 is 14.9 Å². The van der Waals surface area contributed by atoms with Crippen molar-refractivity contribution in [2.45, 2.75) is 34.6 Å². The zero-order valence-electron chi connectivity index (χ0n) is 15.8. The van der Waals surface area contributed by atoms with Gasteiger partial charge in [0.05, 0.1) is 18.9 Å². The molecule has 1 N–H and O–H groups in total. The first-order chi connectivity index (χ1) is 11.9. The number of nitrogens with zero attached hydrogens (tertiary/aromatic N) is 2. The predicted molar refractivity (Wildman–Crippen MR) is 100 cm³/mol. The van der Waals surface area contributed by atoms with Gasteiger partial charge in [-0.15, -0.1) is 0 Å². The Kier molecular flexibility index (Phi) is 5.25. The summed E-state index contributed by atoms with van der Waals surface area (Å²) in [4.78, 5) is 4.62. The van der Waals surface area contributed by atoms with Gasteiger partial charge in [0.2, 0.25) is 5.88 Å². The van der Waals surface area contributed by atoms with Crippen LogP contribution in [0.15, 0.2) is 18.2 Å². The molecule has 5 nitrogen and oxygen atoms in total. The van der Waals surface area contributed by atoms with Crippen LogP contribution < -0.4 is 10.2 Å². The highest BCUT2D eigenvalue weighted by Gasteiger charge is 2.16. The van der Waals surface area contributed by atoms with Crippen LogP contribution in [-0.4, -0.2) is 36.3 Å². The van der Waals surface area contributed by atoms with Crippen LogP contribution in [0.25, 0.3) is 0 Å². The highest BCUT2D eigenvalue weighted by atomic mass is 16.5. The summed E-state index contributed by atoms with van der Waals surface area (Å²) in [5, 5.41) is 2.18. The maximum atomic E-state index is 6.24. The van der Waals surface area contributed by atoms with Gasteiger partial charge in [-0.25, -0.2) is 9.99 Å². The normalized spacial score (nSPS) is 15.2. The molecule has 1 saturated heterocycles. The summed E-state index contributed by atoms with van der Waals surface area (Å²) in [6.07, 6.45) is 0. The van der Waals surface area contributed by atoms with Crippen LogP contribution in [0.1, 0.15) is 27.9 Å². The second-order valence-corrected chi connectivity index (χ2v) is 6.78. The molecule has 0 spiro atoms. The smallest absolute Gasteiger partial charge is 0.224 e. The summed E-state index contributed by atoms with van der Waals surface area (Å²) in [6.45, 7) is 13.5. The monoisotopic (exact) mass is 341 g/mol. The van der Waals surface area contributed by atoms with E-state index in [-0.39, 0.29) is 0 Å². The van der Waals surface area contributed by atoms with Gasteiger partial charge in [0.1, 0.15) is 5.75 Å². The first-order valence-electron chi connectivity index (χ1n) is 8.77. The van der Waals surface area contributed by atoms with Crippen LogP contribution in [-0.2, 0) is 4.74 Å². The van der Waals surface area contributed by atoms with Crippen LogP contribution >= 0.6 is 0 Å². The van der Waals surface area contributed by atoms with Crippen molar-refractivity contribution in [2.24, 2.45) is 0 Å². The predicted octanol–water partition coefficient (Wildman–Crippen LogP) is 4.08. The molecule has 2 aromatic rings. The number of hydrogen-bond donors (Lipinski definition) is 1. The van der Waals surface area contributed by atoms with E-state index >= 15 is 0 Å². The second kappa shape index (κ2) is 7.42. The molecule has 0 unspecified atom stereocenters. The molecule has 1 aromatic carbocycles. The van der Waals surface area contributed by atoms with Gasteiger partial charge in [-0.2, -0.15) is 0 Å².